The van der Waals surface area contributed by atoms with Crippen molar-refractivity contribution in [2.45, 2.75) is 13.8 Å². The molecule has 1 N–H and O–H groups in total. The van der Waals surface area contributed by atoms with Crippen LogP contribution in [0, 0.1) is 6.92 Å². The number of nitrogens with zero attached hydrogens (tertiary/aromatic N) is 1. The number of anilines is 1. The third-order valence-corrected chi connectivity index (χ3v) is 3.74. The van der Waals surface area contributed by atoms with Gasteiger partial charge in [0.05, 0.1) is 37.7 Å². The van der Waals surface area contributed by atoms with Gasteiger partial charge in [-0.25, -0.2) is 9.59 Å². The highest BCUT2D eigenvalue weighted by Crippen LogP contribution is 2.37. The van der Waals surface area contributed by atoms with Crippen LogP contribution in [0.5, 0.6) is 5.75 Å². The number of Topliss-reactive ketones (excluding diaryl/α,β-unsaturated/α-hetero) is 1. The number of ketones is 1. The summed E-state index contributed by atoms with van der Waals surface area (Å²) in [4.78, 5) is 37.3. The third-order valence-electron chi connectivity index (χ3n) is 3.74. The first-order valence-electron chi connectivity index (χ1n) is 7.41. The molecule has 0 radical (unpaired) electrons. The molecular formula is C17H19NO7. The van der Waals surface area contributed by atoms with Crippen LogP contribution in [0.1, 0.15) is 22.8 Å². The van der Waals surface area contributed by atoms with E-state index in [0.717, 1.165) is 0 Å². The summed E-state index contributed by atoms with van der Waals surface area (Å²) in [6.07, 6.45) is 0. The molecule has 0 spiro atoms. The van der Waals surface area contributed by atoms with Crippen LogP contribution in [0.4, 0.5) is 5.69 Å². The van der Waals surface area contributed by atoms with Crippen molar-refractivity contribution in [1.82, 2.24) is 0 Å². The number of hydrogen-bond donors (Lipinski definition) is 1. The van der Waals surface area contributed by atoms with E-state index in [0.29, 0.717) is 5.56 Å². The average Bonchev–Trinajstić information content (AvgIpc) is 2.61. The minimum atomic E-state index is -0.783. The lowest BCUT2D eigenvalue weighted by molar-refractivity contribution is -0.140. The summed E-state index contributed by atoms with van der Waals surface area (Å²) in [5.74, 6) is -2.18. The maximum atomic E-state index is 12.3. The van der Waals surface area contributed by atoms with Crippen molar-refractivity contribution in [2.75, 3.05) is 32.5 Å². The minimum Gasteiger partial charge on any atom is -0.505 e. The van der Waals surface area contributed by atoms with Crippen molar-refractivity contribution in [1.29, 1.82) is 0 Å². The molecule has 1 aromatic carbocycles. The Morgan fingerprint density at radius 1 is 1.16 bits per heavy atom. The molecule has 1 aromatic rings. The average molecular weight is 349 g/mol. The molecule has 0 atom stereocenters. The van der Waals surface area contributed by atoms with Crippen molar-refractivity contribution in [2.24, 2.45) is 0 Å². The van der Waals surface area contributed by atoms with Crippen molar-refractivity contribution in [3.8, 4) is 5.75 Å². The van der Waals surface area contributed by atoms with Gasteiger partial charge in [0.1, 0.15) is 18.2 Å². The zero-order chi connectivity index (χ0) is 18.7. The molecule has 0 aromatic heterocycles. The summed E-state index contributed by atoms with van der Waals surface area (Å²) in [6.45, 7) is 2.81. The Kier molecular flexibility index (Phi) is 5.43. The van der Waals surface area contributed by atoms with Gasteiger partial charge >= 0.3 is 11.9 Å². The lowest BCUT2D eigenvalue weighted by atomic mass is 10.0. The molecule has 0 bridgehead atoms. The molecule has 8 heteroatoms. The molecule has 0 saturated heterocycles. The first kappa shape index (κ1) is 18.5. The molecule has 2 rings (SSSR count). The largest absolute Gasteiger partial charge is 0.505 e. The molecule has 1 aliphatic rings. The highest BCUT2D eigenvalue weighted by atomic mass is 16.5. The Labute approximate surface area is 144 Å². The van der Waals surface area contributed by atoms with Gasteiger partial charge < -0.3 is 24.2 Å². The van der Waals surface area contributed by atoms with Gasteiger partial charge in [-0.2, -0.15) is 0 Å². The third kappa shape index (κ3) is 3.48. The molecule has 8 nitrogen and oxygen atoms in total. The van der Waals surface area contributed by atoms with Gasteiger partial charge in [0, 0.05) is 0 Å². The summed E-state index contributed by atoms with van der Waals surface area (Å²) >= 11 is 0. The van der Waals surface area contributed by atoms with E-state index in [9.17, 15) is 19.5 Å². The van der Waals surface area contributed by atoms with Crippen LogP contribution in [0.25, 0.3) is 0 Å². The maximum Gasteiger partial charge on any atom is 0.355 e. The van der Waals surface area contributed by atoms with Gasteiger partial charge in [0.25, 0.3) is 0 Å². The highest BCUT2D eigenvalue weighted by molar-refractivity contribution is 6.05. The number of methoxy groups -OCH3 is 2. The predicted molar refractivity (Wildman–Crippen MR) is 87.2 cm³/mol. The van der Waals surface area contributed by atoms with Gasteiger partial charge in [-0.3, -0.25) is 4.79 Å². The Morgan fingerprint density at radius 2 is 1.80 bits per heavy atom. The molecule has 0 fully saturated rings. The molecular weight excluding hydrogens is 330 g/mol. The van der Waals surface area contributed by atoms with Crippen LogP contribution < -0.4 is 4.90 Å². The second-order valence-electron chi connectivity index (χ2n) is 5.45. The van der Waals surface area contributed by atoms with Crippen LogP contribution in [0.15, 0.2) is 23.4 Å². The number of phenolic OH excluding ortho intramolecular Hbond substituents is 1. The van der Waals surface area contributed by atoms with Crippen molar-refractivity contribution in [3.63, 3.8) is 0 Å². The Bertz CT molecular complexity index is 767. The SMILES string of the molecule is COC(=O)C1=C(C(=O)OC)N(c2cc(C)cc(C(C)=O)c2O)COC1. The second kappa shape index (κ2) is 7.35. The lowest BCUT2D eigenvalue weighted by Gasteiger charge is -2.32. The Balaban J connectivity index is 2.70. The van der Waals surface area contributed by atoms with Crippen LogP contribution >= 0.6 is 0 Å². The number of benzene rings is 1. The number of ether oxygens (including phenoxy) is 3. The number of carbonyl (C=O) groups is 3. The predicted octanol–water partition coefficient (Wildman–Crippen LogP) is 1.30. The zero-order valence-corrected chi connectivity index (χ0v) is 14.4. The fraction of sp³-hybridized carbons (Fsp3) is 0.353. The van der Waals surface area contributed by atoms with Gasteiger partial charge in [-0.05, 0) is 31.5 Å². The van der Waals surface area contributed by atoms with Gasteiger partial charge in [0.15, 0.2) is 5.78 Å². The van der Waals surface area contributed by atoms with Gasteiger partial charge in [-0.15, -0.1) is 0 Å². The standard InChI is InChI=1S/C17H19NO7/c1-9-5-11(10(2)19)15(20)13(6-9)18-8-25-7-12(16(21)23-3)14(18)17(22)24-4/h5-6,20H,7-8H2,1-4H3. The van der Waals surface area contributed by atoms with E-state index < -0.39 is 11.9 Å². The van der Waals surface area contributed by atoms with E-state index in [-0.39, 0.29) is 47.4 Å². The number of carbonyl (C=O) groups excluding carboxylic acids is 3. The Morgan fingerprint density at radius 3 is 2.36 bits per heavy atom. The number of rotatable bonds is 4. The fourth-order valence-electron chi connectivity index (χ4n) is 2.57. The number of hydrogen-bond acceptors (Lipinski definition) is 8. The fourth-order valence-corrected chi connectivity index (χ4v) is 2.57. The lowest BCUT2D eigenvalue weighted by Crippen LogP contribution is -2.39. The van der Waals surface area contributed by atoms with Crippen LogP contribution in [0.3, 0.4) is 0 Å². The van der Waals surface area contributed by atoms with E-state index in [1.54, 1.807) is 13.0 Å². The topological polar surface area (TPSA) is 102 Å². The molecule has 0 aliphatic carbocycles. The van der Waals surface area contributed by atoms with Crippen LogP contribution in [-0.2, 0) is 23.8 Å². The molecule has 134 valence electrons. The first-order valence-corrected chi connectivity index (χ1v) is 7.41. The number of aryl methyl sites for hydroxylation is 1. The van der Waals surface area contributed by atoms with Crippen molar-refractivity contribution >= 4 is 23.4 Å². The molecule has 0 unspecified atom stereocenters. The first-order chi connectivity index (χ1) is 11.8. The quantitative estimate of drug-likeness (QED) is 0.641. The number of aromatic hydroxyl groups is 1. The number of esters is 2. The summed E-state index contributed by atoms with van der Waals surface area (Å²) < 4.78 is 14.8. The van der Waals surface area contributed by atoms with Gasteiger partial charge in [0.2, 0.25) is 0 Å². The van der Waals surface area contributed by atoms with E-state index >= 15 is 0 Å². The summed E-state index contributed by atoms with van der Waals surface area (Å²) in [7, 11) is 2.36. The maximum absolute atomic E-state index is 12.3. The zero-order valence-electron chi connectivity index (χ0n) is 14.4. The van der Waals surface area contributed by atoms with Gasteiger partial charge in [-0.1, -0.05) is 0 Å². The van der Waals surface area contributed by atoms with Crippen LogP contribution in [0.2, 0.25) is 0 Å². The highest BCUT2D eigenvalue weighted by Gasteiger charge is 2.34. The molecule has 0 amide bonds. The Hall–Kier alpha value is -2.87. The summed E-state index contributed by atoms with van der Waals surface area (Å²) in [5, 5.41) is 10.5. The summed E-state index contributed by atoms with van der Waals surface area (Å²) in [6, 6.07) is 3.11. The van der Waals surface area contributed by atoms with Crippen molar-refractivity contribution < 1.29 is 33.7 Å². The van der Waals surface area contributed by atoms with E-state index in [1.165, 1.54) is 32.1 Å². The molecule has 25 heavy (non-hydrogen) atoms. The monoisotopic (exact) mass is 349 g/mol. The van der Waals surface area contributed by atoms with Crippen molar-refractivity contribution in [3.05, 3.63) is 34.5 Å². The molecule has 1 heterocycles. The van der Waals surface area contributed by atoms with E-state index in [4.69, 9.17) is 9.47 Å². The number of phenols is 1. The second-order valence-corrected chi connectivity index (χ2v) is 5.45. The summed E-state index contributed by atoms with van der Waals surface area (Å²) in [5.41, 5.74) is 0.811. The minimum absolute atomic E-state index is 0.0362. The normalized spacial score (nSPS) is 14.3. The van der Waals surface area contributed by atoms with Crippen LogP contribution in [-0.4, -0.2) is 50.4 Å². The smallest absolute Gasteiger partial charge is 0.355 e. The molecule has 0 saturated carbocycles. The van der Waals surface area contributed by atoms with E-state index in [1.807, 2.05) is 0 Å². The van der Waals surface area contributed by atoms with E-state index in [2.05, 4.69) is 4.74 Å². The molecule has 1 aliphatic heterocycles.